The fourth-order valence-corrected chi connectivity index (χ4v) is 6.29. The van der Waals surface area contributed by atoms with Crippen LogP contribution in [0.5, 0.6) is 11.5 Å². The fraction of sp³-hybridized carbons (Fsp3) is 0.441. The van der Waals surface area contributed by atoms with Crippen molar-refractivity contribution in [2.24, 2.45) is 0 Å². The first-order chi connectivity index (χ1) is 20.4. The van der Waals surface area contributed by atoms with Crippen LogP contribution in [0.3, 0.4) is 0 Å². The Labute approximate surface area is 249 Å². The summed E-state index contributed by atoms with van der Waals surface area (Å²) in [7, 11) is 5.35. The van der Waals surface area contributed by atoms with Crippen LogP contribution in [-0.2, 0) is 13.1 Å². The zero-order valence-electron chi connectivity index (χ0n) is 25.3. The number of benzene rings is 3. The molecule has 3 aromatic carbocycles. The molecule has 3 aromatic rings. The second-order valence-electron chi connectivity index (χ2n) is 11.3. The first-order valence-electron chi connectivity index (χ1n) is 15.0. The summed E-state index contributed by atoms with van der Waals surface area (Å²) in [5.41, 5.74) is 5.24. The Morgan fingerprint density at radius 3 is 2.38 bits per heavy atom. The van der Waals surface area contributed by atoms with Crippen molar-refractivity contribution in [3.63, 3.8) is 0 Å². The molecule has 0 aliphatic carbocycles. The van der Waals surface area contributed by atoms with Crippen molar-refractivity contribution in [2.45, 2.75) is 38.9 Å². The van der Waals surface area contributed by atoms with Crippen LogP contribution in [0.25, 0.3) is 0 Å². The third-order valence-electron chi connectivity index (χ3n) is 8.68. The molecule has 1 fully saturated rings. The Bertz CT molecular complexity index is 1360. The van der Waals surface area contributed by atoms with Crippen LogP contribution in [0.4, 0.5) is 10.1 Å². The number of fused-ring (bicyclic) bond motifs is 1. The number of nitrogens with zero attached hydrogens (tertiary/aromatic N) is 4. The normalized spacial score (nSPS) is 16.2. The van der Waals surface area contributed by atoms with Gasteiger partial charge in [0.05, 0.1) is 20.3 Å². The number of likely N-dealkylation sites (N-methyl/N-ethyl adjacent to an activating group) is 1. The van der Waals surface area contributed by atoms with E-state index in [0.29, 0.717) is 18.0 Å². The summed E-state index contributed by atoms with van der Waals surface area (Å²) in [5.74, 6) is 1.19. The highest BCUT2D eigenvalue weighted by Gasteiger charge is 2.36. The molecule has 0 aromatic heterocycles. The van der Waals surface area contributed by atoms with Crippen LogP contribution >= 0.6 is 0 Å². The van der Waals surface area contributed by atoms with Crippen LogP contribution in [-0.4, -0.2) is 81.1 Å². The maximum Gasteiger partial charge on any atom is 0.255 e. The van der Waals surface area contributed by atoms with E-state index in [1.807, 2.05) is 41.3 Å². The molecular formula is C34H43FN4O3. The minimum atomic E-state index is -0.221. The van der Waals surface area contributed by atoms with Crippen LogP contribution in [0, 0.1) is 5.82 Å². The molecule has 0 N–H and O–H groups in total. The van der Waals surface area contributed by atoms with Crippen LogP contribution in [0.15, 0.2) is 60.7 Å². The summed E-state index contributed by atoms with van der Waals surface area (Å²) in [6.45, 7) is 9.47. The molecule has 0 bridgehead atoms. The number of anilines is 1. The van der Waals surface area contributed by atoms with E-state index in [9.17, 15) is 9.18 Å². The highest BCUT2D eigenvalue weighted by atomic mass is 19.1. The molecule has 5 rings (SSSR count). The summed E-state index contributed by atoms with van der Waals surface area (Å²) < 4.78 is 24.5. The van der Waals surface area contributed by atoms with Crippen molar-refractivity contribution in [2.75, 3.05) is 65.4 Å². The van der Waals surface area contributed by atoms with E-state index in [-0.39, 0.29) is 17.8 Å². The predicted molar refractivity (Wildman–Crippen MR) is 165 cm³/mol. The van der Waals surface area contributed by atoms with Crippen molar-refractivity contribution < 1.29 is 18.7 Å². The van der Waals surface area contributed by atoms with Gasteiger partial charge < -0.3 is 29.1 Å². The quantitative estimate of drug-likeness (QED) is 0.281. The Morgan fingerprint density at radius 2 is 1.69 bits per heavy atom. The standard InChI is InChI=1S/C34H43FN4O3/c1-5-37-18-20-38(21-19-37)31-9-6-8-28-29(31)24-39(34(28)40)30(26-13-16-32(41-3)33(22-26)42-4)10-7-17-36(2)23-25-11-14-27(35)15-12-25/h6,8-9,11-16,22,30H,5,7,10,17-21,23-24H2,1-4H3. The topological polar surface area (TPSA) is 48.5 Å². The number of halogens is 1. The Balaban J connectivity index is 1.36. The molecule has 0 saturated carbocycles. The van der Waals surface area contributed by atoms with E-state index in [0.717, 1.165) is 80.9 Å². The van der Waals surface area contributed by atoms with Crippen molar-refractivity contribution in [3.8, 4) is 11.5 Å². The average Bonchev–Trinajstić information content (AvgIpc) is 3.36. The van der Waals surface area contributed by atoms with E-state index >= 15 is 0 Å². The zero-order valence-corrected chi connectivity index (χ0v) is 25.3. The van der Waals surface area contributed by atoms with Crippen LogP contribution in [0.2, 0.25) is 0 Å². The van der Waals surface area contributed by atoms with Gasteiger partial charge in [0, 0.05) is 56.1 Å². The maximum atomic E-state index is 14.0. The Morgan fingerprint density at radius 1 is 0.952 bits per heavy atom. The molecule has 7 nitrogen and oxygen atoms in total. The molecule has 1 amide bonds. The third kappa shape index (κ3) is 6.55. The number of piperazine rings is 1. The first kappa shape index (κ1) is 29.9. The summed E-state index contributed by atoms with van der Waals surface area (Å²) >= 11 is 0. The minimum absolute atomic E-state index is 0.0819. The Kier molecular flexibility index (Phi) is 9.65. The number of carbonyl (C=O) groups is 1. The van der Waals surface area contributed by atoms with Gasteiger partial charge >= 0.3 is 0 Å². The molecule has 224 valence electrons. The molecule has 2 heterocycles. The number of ether oxygens (including phenoxy) is 2. The van der Waals surface area contributed by atoms with Gasteiger partial charge in [-0.2, -0.15) is 0 Å². The lowest BCUT2D eigenvalue weighted by atomic mass is 9.99. The number of carbonyl (C=O) groups excluding carboxylic acids is 1. The third-order valence-corrected chi connectivity index (χ3v) is 8.68. The summed E-state index contributed by atoms with van der Waals surface area (Å²) in [4.78, 5) is 23.2. The Hall–Kier alpha value is -3.62. The molecule has 2 aliphatic heterocycles. The molecule has 1 saturated heterocycles. The second-order valence-corrected chi connectivity index (χ2v) is 11.3. The average molecular weight is 575 g/mol. The molecule has 8 heteroatoms. The van der Waals surface area contributed by atoms with E-state index < -0.39 is 0 Å². The van der Waals surface area contributed by atoms with Gasteiger partial charge in [-0.15, -0.1) is 0 Å². The number of hydrogen-bond donors (Lipinski definition) is 0. The SMILES string of the molecule is CCN1CCN(c2cccc3c2CN(C(CCCN(C)Cc2ccc(F)cc2)c2ccc(OC)c(OC)c2)C3=O)CC1. The summed E-state index contributed by atoms with van der Waals surface area (Å²) in [6.07, 6.45) is 1.69. The lowest BCUT2D eigenvalue weighted by Crippen LogP contribution is -2.46. The van der Waals surface area contributed by atoms with Crippen molar-refractivity contribution >= 4 is 11.6 Å². The van der Waals surface area contributed by atoms with Gasteiger partial charge in [0.2, 0.25) is 0 Å². The molecular weight excluding hydrogens is 531 g/mol. The maximum absolute atomic E-state index is 14.0. The summed E-state index contributed by atoms with van der Waals surface area (Å²) in [5, 5.41) is 0. The lowest BCUT2D eigenvalue weighted by Gasteiger charge is -2.36. The minimum Gasteiger partial charge on any atom is -0.493 e. The van der Waals surface area contributed by atoms with E-state index in [2.05, 4.69) is 40.8 Å². The van der Waals surface area contributed by atoms with Gasteiger partial charge in [-0.25, -0.2) is 4.39 Å². The molecule has 0 radical (unpaired) electrons. The number of methoxy groups -OCH3 is 2. The molecule has 1 unspecified atom stereocenters. The molecule has 0 spiro atoms. The predicted octanol–water partition coefficient (Wildman–Crippen LogP) is 5.59. The van der Waals surface area contributed by atoms with Crippen molar-refractivity contribution in [1.29, 1.82) is 0 Å². The molecule has 42 heavy (non-hydrogen) atoms. The van der Waals surface area contributed by atoms with Gasteiger partial charge in [0.25, 0.3) is 5.91 Å². The van der Waals surface area contributed by atoms with Crippen LogP contribution in [0.1, 0.15) is 52.9 Å². The largest absolute Gasteiger partial charge is 0.493 e. The smallest absolute Gasteiger partial charge is 0.255 e. The van der Waals surface area contributed by atoms with Gasteiger partial charge in [-0.1, -0.05) is 31.2 Å². The van der Waals surface area contributed by atoms with Gasteiger partial charge in [-0.05, 0) is 80.5 Å². The van der Waals surface area contributed by atoms with Gasteiger partial charge in [0.1, 0.15) is 5.82 Å². The van der Waals surface area contributed by atoms with Crippen LogP contribution < -0.4 is 14.4 Å². The molecule has 2 aliphatic rings. The molecule has 1 atom stereocenters. The van der Waals surface area contributed by atoms with E-state index in [1.165, 1.54) is 17.8 Å². The number of amides is 1. The zero-order chi connectivity index (χ0) is 29.6. The fourth-order valence-electron chi connectivity index (χ4n) is 6.29. The van der Waals surface area contributed by atoms with Gasteiger partial charge in [-0.3, -0.25) is 4.79 Å². The highest BCUT2D eigenvalue weighted by molar-refractivity contribution is 6.00. The van der Waals surface area contributed by atoms with Crippen molar-refractivity contribution in [1.82, 2.24) is 14.7 Å². The second kappa shape index (κ2) is 13.6. The van der Waals surface area contributed by atoms with E-state index in [1.54, 1.807) is 14.2 Å². The number of hydrogen-bond acceptors (Lipinski definition) is 6. The number of rotatable bonds is 12. The lowest BCUT2D eigenvalue weighted by molar-refractivity contribution is 0.0686. The highest BCUT2D eigenvalue weighted by Crippen LogP contribution is 2.40. The monoisotopic (exact) mass is 574 g/mol. The van der Waals surface area contributed by atoms with E-state index in [4.69, 9.17) is 9.47 Å². The van der Waals surface area contributed by atoms with Gasteiger partial charge in [0.15, 0.2) is 11.5 Å². The van der Waals surface area contributed by atoms with Crippen molar-refractivity contribution in [3.05, 3.63) is 88.7 Å². The summed E-state index contributed by atoms with van der Waals surface area (Å²) in [6, 6.07) is 18.7. The first-order valence-corrected chi connectivity index (χ1v) is 15.0.